The highest BCUT2D eigenvalue weighted by atomic mass is 16.5. The lowest BCUT2D eigenvalue weighted by Gasteiger charge is -2.24. The maximum absolute atomic E-state index is 12.4. The van der Waals surface area contributed by atoms with Gasteiger partial charge < -0.3 is 9.64 Å². The predicted molar refractivity (Wildman–Crippen MR) is 77.9 cm³/mol. The fraction of sp³-hybridized carbons (Fsp3) is 0.933. The molecule has 1 aliphatic heterocycles. The van der Waals surface area contributed by atoms with Gasteiger partial charge in [-0.2, -0.15) is 0 Å². The maximum Gasteiger partial charge on any atom is 0.241 e. The first-order chi connectivity index (χ1) is 8.95. The second-order valence-corrected chi connectivity index (χ2v) is 6.10. The molecule has 4 heteroatoms. The van der Waals surface area contributed by atoms with E-state index >= 15 is 0 Å². The van der Waals surface area contributed by atoms with Gasteiger partial charge in [-0.25, -0.2) is 0 Å². The van der Waals surface area contributed by atoms with Crippen LogP contribution in [0.15, 0.2) is 0 Å². The molecule has 2 unspecified atom stereocenters. The molecule has 112 valence electrons. The summed E-state index contributed by atoms with van der Waals surface area (Å²) in [7, 11) is 0. The van der Waals surface area contributed by atoms with Crippen LogP contribution in [0.3, 0.4) is 0 Å². The van der Waals surface area contributed by atoms with Crippen LogP contribution in [-0.4, -0.2) is 42.3 Å². The van der Waals surface area contributed by atoms with E-state index in [2.05, 4.69) is 26.1 Å². The molecule has 0 aromatic rings. The molecule has 1 aliphatic rings. The summed E-state index contributed by atoms with van der Waals surface area (Å²) in [4.78, 5) is 14.4. The number of nitrogens with one attached hydrogen (secondary N) is 1. The molecule has 19 heavy (non-hydrogen) atoms. The third-order valence-corrected chi connectivity index (χ3v) is 3.40. The molecule has 0 spiro atoms. The molecule has 4 nitrogen and oxygen atoms in total. The van der Waals surface area contributed by atoms with Crippen molar-refractivity contribution in [2.24, 2.45) is 5.92 Å². The van der Waals surface area contributed by atoms with Crippen molar-refractivity contribution in [3.63, 3.8) is 0 Å². The van der Waals surface area contributed by atoms with Crippen LogP contribution in [-0.2, 0) is 9.53 Å². The molecule has 0 aromatic carbocycles. The van der Waals surface area contributed by atoms with E-state index in [1.165, 1.54) is 0 Å². The highest BCUT2D eigenvalue weighted by Crippen LogP contribution is 2.19. The summed E-state index contributed by atoms with van der Waals surface area (Å²) < 4.78 is 5.57. The van der Waals surface area contributed by atoms with Gasteiger partial charge in [0.25, 0.3) is 0 Å². The highest BCUT2D eigenvalue weighted by molar-refractivity contribution is 5.84. The molecule has 1 saturated heterocycles. The molecule has 0 aliphatic carbocycles. The Morgan fingerprint density at radius 2 is 2.00 bits per heavy atom. The molecule has 1 amide bonds. The van der Waals surface area contributed by atoms with Crippen LogP contribution in [0.2, 0.25) is 0 Å². The fourth-order valence-corrected chi connectivity index (χ4v) is 2.55. The van der Waals surface area contributed by atoms with Crippen molar-refractivity contribution < 1.29 is 9.53 Å². The van der Waals surface area contributed by atoms with Gasteiger partial charge in [-0.3, -0.25) is 10.1 Å². The highest BCUT2D eigenvalue weighted by Gasteiger charge is 2.37. The summed E-state index contributed by atoms with van der Waals surface area (Å²) in [5.74, 6) is 0.787. The van der Waals surface area contributed by atoms with E-state index in [1.54, 1.807) is 0 Å². The van der Waals surface area contributed by atoms with Gasteiger partial charge in [0.05, 0.1) is 24.9 Å². The van der Waals surface area contributed by atoms with E-state index in [4.69, 9.17) is 4.74 Å². The van der Waals surface area contributed by atoms with Crippen molar-refractivity contribution >= 4 is 5.91 Å². The van der Waals surface area contributed by atoms with Crippen molar-refractivity contribution in [2.75, 3.05) is 13.2 Å². The largest absolute Gasteiger partial charge is 0.377 e. The lowest BCUT2D eigenvalue weighted by atomic mass is 10.0. The summed E-state index contributed by atoms with van der Waals surface area (Å²) in [6.07, 6.45) is 3.43. The maximum atomic E-state index is 12.4. The molecular formula is C15H30N2O2. The number of ether oxygens (including phenoxy) is 1. The molecule has 1 fully saturated rings. The topological polar surface area (TPSA) is 41.6 Å². The Balaban J connectivity index is 2.55. The zero-order valence-electron chi connectivity index (χ0n) is 13.1. The molecule has 1 heterocycles. The molecule has 2 atom stereocenters. The summed E-state index contributed by atoms with van der Waals surface area (Å²) in [5.41, 5.74) is 0. The zero-order valence-corrected chi connectivity index (χ0v) is 13.1. The number of rotatable bonds is 8. The second kappa shape index (κ2) is 7.85. The average Bonchev–Trinajstić information content (AvgIpc) is 2.57. The second-order valence-electron chi connectivity index (χ2n) is 6.10. The molecule has 1 rings (SSSR count). The monoisotopic (exact) mass is 270 g/mol. The lowest BCUT2D eigenvalue weighted by Crippen LogP contribution is -2.39. The number of hydrogen-bond acceptors (Lipinski definition) is 3. The van der Waals surface area contributed by atoms with Crippen molar-refractivity contribution in [1.29, 1.82) is 0 Å². The predicted octanol–water partition coefficient (Wildman–Crippen LogP) is 2.38. The van der Waals surface area contributed by atoms with Crippen LogP contribution >= 0.6 is 0 Å². The number of amides is 1. The Hall–Kier alpha value is -0.610. The minimum atomic E-state index is -0.00407. The summed E-state index contributed by atoms with van der Waals surface area (Å²) >= 11 is 0. The molecule has 0 saturated carbocycles. The SMILES string of the molecule is CCCC1NC(CC(C)C)C(=O)N1CCOC(C)C. The Morgan fingerprint density at radius 3 is 2.53 bits per heavy atom. The first kappa shape index (κ1) is 16.4. The minimum absolute atomic E-state index is 0.00407. The number of hydrogen-bond donors (Lipinski definition) is 1. The molecule has 0 radical (unpaired) electrons. The average molecular weight is 270 g/mol. The normalized spacial score (nSPS) is 23.9. The van der Waals surface area contributed by atoms with Gasteiger partial charge >= 0.3 is 0 Å². The zero-order chi connectivity index (χ0) is 14.4. The Labute approximate surface area is 117 Å². The first-order valence-corrected chi connectivity index (χ1v) is 7.63. The number of nitrogens with zero attached hydrogens (tertiary/aromatic N) is 1. The van der Waals surface area contributed by atoms with Gasteiger partial charge in [-0.1, -0.05) is 27.2 Å². The van der Waals surface area contributed by atoms with E-state index in [0.29, 0.717) is 19.1 Å². The van der Waals surface area contributed by atoms with Gasteiger partial charge in [0.15, 0.2) is 0 Å². The molecule has 0 aromatic heterocycles. The van der Waals surface area contributed by atoms with Crippen molar-refractivity contribution in [3.05, 3.63) is 0 Å². The number of carbonyl (C=O) groups excluding carboxylic acids is 1. The Morgan fingerprint density at radius 1 is 1.32 bits per heavy atom. The molecule has 1 N–H and O–H groups in total. The van der Waals surface area contributed by atoms with Gasteiger partial charge in [0.1, 0.15) is 0 Å². The fourth-order valence-electron chi connectivity index (χ4n) is 2.55. The van der Waals surface area contributed by atoms with Crippen LogP contribution in [0.25, 0.3) is 0 Å². The number of carbonyl (C=O) groups is 1. The van der Waals surface area contributed by atoms with Gasteiger partial charge in [0, 0.05) is 6.54 Å². The Kier molecular flexibility index (Phi) is 6.80. The Bertz CT molecular complexity index is 279. The van der Waals surface area contributed by atoms with Gasteiger partial charge in [-0.15, -0.1) is 0 Å². The van der Waals surface area contributed by atoms with E-state index in [-0.39, 0.29) is 24.2 Å². The summed E-state index contributed by atoms with van der Waals surface area (Å²) in [6, 6.07) is -0.00407. The standard InChI is InChI=1S/C15H30N2O2/c1-6-7-14-16-13(10-11(2)3)15(18)17(14)8-9-19-12(4)5/h11-14,16H,6-10H2,1-5H3. The van der Waals surface area contributed by atoms with E-state index < -0.39 is 0 Å². The smallest absolute Gasteiger partial charge is 0.241 e. The molecular weight excluding hydrogens is 240 g/mol. The van der Waals surface area contributed by atoms with Crippen molar-refractivity contribution in [1.82, 2.24) is 10.2 Å². The lowest BCUT2D eigenvalue weighted by molar-refractivity contribution is -0.131. The van der Waals surface area contributed by atoms with Gasteiger partial charge in [-0.05, 0) is 32.6 Å². The van der Waals surface area contributed by atoms with Crippen molar-refractivity contribution in [3.8, 4) is 0 Å². The van der Waals surface area contributed by atoms with E-state index in [9.17, 15) is 4.79 Å². The van der Waals surface area contributed by atoms with Crippen LogP contribution < -0.4 is 5.32 Å². The van der Waals surface area contributed by atoms with E-state index in [1.807, 2.05) is 18.7 Å². The van der Waals surface area contributed by atoms with E-state index in [0.717, 1.165) is 19.3 Å². The third kappa shape index (κ3) is 5.11. The van der Waals surface area contributed by atoms with Gasteiger partial charge in [0.2, 0.25) is 5.91 Å². The summed E-state index contributed by atoms with van der Waals surface area (Å²) in [5, 5.41) is 3.48. The van der Waals surface area contributed by atoms with Crippen LogP contribution in [0.1, 0.15) is 53.9 Å². The van der Waals surface area contributed by atoms with Crippen LogP contribution in [0, 0.1) is 5.92 Å². The molecule has 0 bridgehead atoms. The summed E-state index contributed by atoms with van der Waals surface area (Å²) in [6.45, 7) is 11.8. The quantitative estimate of drug-likeness (QED) is 0.736. The van der Waals surface area contributed by atoms with Crippen LogP contribution in [0.5, 0.6) is 0 Å². The van der Waals surface area contributed by atoms with Crippen molar-refractivity contribution in [2.45, 2.75) is 72.2 Å². The first-order valence-electron chi connectivity index (χ1n) is 7.63. The third-order valence-electron chi connectivity index (χ3n) is 3.40. The van der Waals surface area contributed by atoms with Crippen LogP contribution in [0.4, 0.5) is 0 Å². The minimum Gasteiger partial charge on any atom is -0.377 e.